The van der Waals surface area contributed by atoms with Crippen LogP contribution in [0.5, 0.6) is 0 Å². The van der Waals surface area contributed by atoms with E-state index in [9.17, 15) is 4.79 Å². The summed E-state index contributed by atoms with van der Waals surface area (Å²) in [5, 5.41) is 11.0. The molecule has 1 amide bonds. The molecule has 0 spiro atoms. The summed E-state index contributed by atoms with van der Waals surface area (Å²) in [6, 6.07) is 6.92. The van der Waals surface area contributed by atoms with Crippen LogP contribution in [-0.2, 0) is 11.3 Å². The normalized spacial score (nSPS) is 10.4. The average Bonchev–Trinajstić information content (AvgIpc) is 2.84. The Morgan fingerprint density at radius 3 is 3.00 bits per heavy atom. The van der Waals surface area contributed by atoms with Crippen molar-refractivity contribution >= 4 is 35.0 Å². The van der Waals surface area contributed by atoms with Crippen LogP contribution in [0.25, 0.3) is 0 Å². The summed E-state index contributed by atoms with van der Waals surface area (Å²) in [6.45, 7) is 0.183. The second-order valence-electron chi connectivity index (χ2n) is 3.51. The van der Waals surface area contributed by atoms with Crippen LogP contribution in [0.4, 0.5) is 5.69 Å². The zero-order chi connectivity index (χ0) is 13.7. The standard InChI is InChI=1S/C11H11ClN4O2S/c12-7-2-1-3-8(4-7)14-9(17)6-19-11-16-15-10(5-13)18-11/h1-4H,5-6,13H2,(H,14,17). The van der Waals surface area contributed by atoms with Crippen molar-refractivity contribution in [3.05, 3.63) is 35.2 Å². The monoisotopic (exact) mass is 298 g/mol. The highest BCUT2D eigenvalue weighted by Gasteiger charge is 2.09. The summed E-state index contributed by atoms with van der Waals surface area (Å²) in [4.78, 5) is 11.7. The lowest BCUT2D eigenvalue weighted by molar-refractivity contribution is -0.113. The second-order valence-corrected chi connectivity index (χ2v) is 4.88. The van der Waals surface area contributed by atoms with Crippen LogP contribution in [0.2, 0.25) is 5.02 Å². The molecule has 0 fully saturated rings. The number of nitrogens with one attached hydrogen (secondary N) is 1. The van der Waals surface area contributed by atoms with Crippen molar-refractivity contribution in [2.45, 2.75) is 11.8 Å². The zero-order valence-corrected chi connectivity index (χ0v) is 11.4. The van der Waals surface area contributed by atoms with Gasteiger partial charge in [0, 0.05) is 10.7 Å². The van der Waals surface area contributed by atoms with E-state index >= 15 is 0 Å². The topological polar surface area (TPSA) is 94.0 Å². The molecule has 0 saturated heterocycles. The number of nitrogens with two attached hydrogens (primary N) is 1. The van der Waals surface area contributed by atoms with Crippen molar-refractivity contribution in [1.29, 1.82) is 0 Å². The molecular weight excluding hydrogens is 288 g/mol. The highest BCUT2D eigenvalue weighted by molar-refractivity contribution is 7.99. The van der Waals surface area contributed by atoms with E-state index in [1.54, 1.807) is 24.3 Å². The summed E-state index contributed by atoms with van der Waals surface area (Å²) < 4.78 is 5.17. The molecule has 1 heterocycles. The molecule has 0 atom stereocenters. The van der Waals surface area contributed by atoms with Crippen LogP contribution in [0, 0.1) is 0 Å². The molecule has 2 aromatic rings. The van der Waals surface area contributed by atoms with Gasteiger partial charge in [0.25, 0.3) is 5.22 Å². The van der Waals surface area contributed by atoms with Gasteiger partial charge in [0.1, 0.15) is 0 Å². The molecule has 0 bridgehead atoms. The first-order valence-electron chi connectivity index (χ1n) is 5.38. The molecule has 6 nitrogen and oxygen atoms in total. The summed E-state index contributed by atoms with van der Waals surface area (Å²) in [7, 11) is 0. The third-order valence-corrected chi connectivity index (χ3v) is 3.11. The Morgan fingerprint density at radius 1 is 1.47 bits per heavy atom. The Bertz CT molecular complexity index is 575. The minimum absolute atomic E-state index is 0.165. The predicted octanol–water partition coefficient (Wildman–Crippen LogP) is 1.91. The van der Waals surface area contributed by atoms with E-state index in [0.29, 0.717) is 21.8 Å². The van der Waals surface area contributed by atoms with E-state index in [2.05, 4.69) is 15.5 Å². The Balaban J connectivity index is 1.84. The highest BCUT2D eigenvalue weighted by Crippen LogP contribution is 2.18. The number of halogens is 1. The smallest absolute Gasteiger partial charge is 0.277 e. The third kappa shape index (κ3) is 4.23. The fourth-order valence-electron chi connectivity index (χ4n) is 1.27. The first kappa shape index (κ1) is 13.9. The van der Waals surface area contributed by atoms with Gasteiger partial charge in [-0.1, -0.05) is 29.4 Å². The lowest BCUT2D eigenvalue weighted by Crippen LogP contribution is -2.13. The zero-order valence-electron chi connectivity index (χ0n) is 9.80. The number of benzene rings is 1. The molecule has 0 aliphatic carbocycles. The molecule has 0 aliphatic heterocycles. The summed E-state index contributed by atoms with van der Waals surface area (Å²) in [5.41, 5.74) is 5.98. The van der Waals surface area contributed by atoms with Crippen LogP contribution in [0.3, 0.4) is 0 Å². The van der Waals surface area contributed by atoms with E-state index in [4.69, 9.17) is 21.8 Å². The summed E-state index contributed by atoms with van der Waals surface area (Å²) in [5.74, 6) is 0.330. The van der Waals surface area contributed by atoms with E-state index in [1.165, 1.54) is 0 Å². The molecule has 1 aromatic heterocycles. The fourth-order valence-corrected chi connectivity index (χ4v) is 2.04. The summed E-state index contributed by atoms with van der Waals surface area (Å²) >= 11 is 6.97. The first-order chi connectivity index (χ1) is 9.17. The Kier molecular flexibility index (Phi) is 4.78. The van der Waals surface area contributed by atoms with Crippen molar-refractivity contribution in [1.82, 2.24) is 10.2 Å². The lowest BCUT2D eigenvalue weighted by atomic mass is 10.3. The maximum absolute atomic E-state index is 11.7. The van der Waals surface area contributed by atoms with E-state index < -0.39 is 0 Å². The molecule has 0 aliphatic rings. The van der Waals surface area contributed by atoms with Crippen LogP contribution < -0.4 is 11.1 Å². The molecule has 0 radical (unpaired) electrons. The van der Waals surface area contributed by atoms with Crippen molar-refractivity contribution in [3.8, 4) is 0 Å². The maximum atomic E-state index is 11.7. The molecule has 2 rings (SSSR count). The van der Waals surface area contributed by atoms with Gasteiger partial charge >= 0.3 is 0 Å². The SMILES string of the molecule is NCc1nnc(SCC(=O)Nc2cccc(Cl)c2)o1. The van der Waals surface area contributed by atoms with Crippen molar-refractivity contribution in [2.75, 3.05) is 11.1 Å². The molecular formula is C11H11ClN4O2S. The molecule has 1 aromatic carbocycles. The number of nitrogens with zero attached hydrogens (tertiary/aromatic N) is 2. The Hall–Kier alpha value is -1.57. The number of amides is 1. The van der Waals surface area contributed by atoms with Crippen molar-refractivity contribution in [3.63, 3.8) is 0 Å². The van der Waals surface area contributed by atoms with Gasteiger partial charge in [-0.15, -0.1) is 10.2 Å². The number of thioether (sulfide) groups is 1. The summed E-state index contributed by atoms with van der Waals surface area (Å²) in [6.07, 6.45) is 0. The van der Waals surface area contributed by atoms with Gasteiger partial charge < -0.3 is 15.5 Å². The number of anilines is 1. The number of carbonyl (C=O) groups is 1. The Morgan fingerprint density at radius 2 is 2.32 bits per heavy atom. The second kappa shape index (κ2) is 6.55. The van der Waals surface area contributed by atoms with Gasteiger partial charge in [0.05, 0.1) is 12.3 Å². The molecule has 3 N–H and O–H groups in total. The van der Waals surface area contributed by atoms with Crippen LogP contribution >= 0.6 is 23.4 Å². The predicted molar refractivity (Wildman–Crippen MR) is 73.0 cm³/mol. The van der Waals surface area contributed by atoms with Crippen LogP contribution in [-0.4, -0.2) is 21.9 Å². The first-order valence-corrected chi connectivity index (χ1v) is 6.74. The Labute approximate surface area is 118 Å². The lowest BCUT2D eigenvalue weighted by Gasteiger charge is -2.03. The number of rotatable bonds is 5. The molecule has 100 valence electrons. The minimum Gasteiger partial charge on any atom is -0.415 e. The largest absolute Gasteiger partial charge is 0.415 e. The molecule has 0 unspecified atom stereocenters. The molecule has 0 saturated carbocycles. The van der Waals surface area contributed by atoms with Crippen LogP contribution in [0.15, 0.2) is 33.9 Å². The van der Waals surface area contributed by atoms with Crippen LogP contribution in [0.1, 0.15) is 5.89 Å². The quantitative estimate of drug-likeness (QED) is 0.819. The van der Waals surface area contributed by atoms with Gasteiger partial charge in [-0.2, -0.15) is 0 Å². The van der Waals surface area contributed by atoms with E-state index in [0.717, 1.165) is 11.8 Å². The van der Waals surface area contributed by atoms with Gasteiger partial charge in [0.2, 0.25) is 11.8 Å². The van der Waals surface area contributed by atoms with E-state index in [1.807, 2.05) is 0 Å². The molecule has 8 heteroatoms. The number of hydrogen-bond acceptors (Lipinski definition) is 6. The number of hydrogen-bond donors (Lipinski definition) is 2. The minimum atomic E-state index is -0.181. The fraction of sp³-hybridized carbons (Fsp3) is 0.182. The van der Waals surface area contributed by atoms with Gasteiger partial charge in [0.15, 0.2) is 0 Å². The van der Waals surface area contributed by atoms with Gasteiger partial charge in [-0.05, 0) is 18.2 Å². The van der Waals surface area contributed by atoms with Gasteiger partial charge in [-0.3, -0.25) is 4.79 Å². The van der Waals surface area contributed by atoms with E-state index in [-0.39, 0.29) is 18.2 Å². The number of carbonyl (C=O) groups excluding carboxylic acids is 1. The highest BCUT2D eigenvalue weighted by atomic mass is 35.5. The van der Waals surface area contributed by atoms with Crippen molar-refractivity contribution in [2.24, 2.45) is 5.73 Å². The third-order valence-electron chi connectivity index (χ3n) is 2.06. The van der Waals surface area contributed by atoms with Crippen molar-refractivity contribution < 1.29 is 9.21 Å². The maximum Gasteiger partial charge on any atom is 0.277 e. The van der Waals surface area contributed by atoms with Gasteiger partial charge in [-0.25, -0.2) is 0 Å². The number of aromatic nitrogens is 2. The molecule has 19 heavy (non-hydrogen) atoms. The average molecular weight is 299 g/mol.